The molecule has 1 fully saturated rings. The lowest BCUT2D eigenvalue weighted by molar-refractivity contribution is 0.137. The Hall–Kier alpha value is -0.0800. The maximum absolute atomic E-state index is 3.46. The molecule has 0 amide bonds. The number of nitrogens with one attached hydrogen (secondary N) is 1. The van der Waals surface area contributed by atoms with Gasteiger partial charge in [0.2, 0.25) is 0 Å². The predicted octanol–water partition coefficient (Wildman–Crippen LogP) is 2.50. The number of hydrogen-bond acceptors (Lipinski definition) is 2. The molecule has 0 radical (unpaired) electrons. The van der Waals surface area contributed by atoms with Crippen LogP contribution >= 0.6 is 0 Å². The highest BCUT2D eigenvalue weighted by atomic mass is 15.2. The van der Waals surface area contributed by atoms with Gasteiger partial charge in [-0.3, -0.25) is 0 Å². The second-order valence-electron chi connectivity index (χ2n) is 4.99. The zero-order valence-corrected chi connectivity index (χ0v) is 10.8. The second kappa shape index (κ2) is 7.24. The van der Waals surface area contributed by atoms with Crippen LogP contribution in [0.15, 0.2) is 0 Å². The number of likely N-dealkylation sites (N-methyl/N-ethyl adjacent to an activating group) is 1. The Balaban J connectivity index is 2.36. The van der Waals surface area contributed by atoms with Crippen molar-refractivity contribution in [2.75, 3.05) is 26.7 Å². The molecule has 0 aromatic heterocycles. The molecular formula is C13H28N2. The number of rotatable bonds is 6. The molecule has 2 heteroatoms. The number of nitrogens with zero attached hydrogens (tertiary/aromatic N) is 1. The fraction of sp³-hybridized carbons (Fsp3) is 1.00. The molecule has 2 atom stereocenters. The van der Waals surface area contributed by atoms with Gasteiger partial charge in [0.15, 0.2) is 0 Å². The first-order valence-corrected chi connectivity index (χ1v) is 6.69. The zero-order chi connectivity index (χ0) is 11.1. The molecule has 1 rings (SSSR count). The van der Waals surface area contributed by atoms with Gasteiger partial charge in [-0.25, -0.2) is 0 Å². The summed E-state index contributed by atoms with van der Waals surface area (Å²) in [7, 11) is 2.11. The quantitative estimate of drug-likeness (QED) is 0.728. The van der Waals surface area contributed by atoms with Gasteiger partial charge in [0, 0.05) is 19.1 Å². The Morgan fingerprint density at radius 2 is 2.00 bits per heavy atom. The van der Waals surface area contributed by atoms with Crippen molar-refractivity contribution in [1.29, 1.82) is 0 Å². The summed E-state index contributed by atoms with van der Waals surface area (Å²) in [5.74, 6) is 0.929. The standard InChI is InChI=1S/C13H28N2/c1-4-6-8-15-10-12(7-5-2)9-13(11-15)14-3/h12-14H,4-11H2,1-3H3. The van der Waals surface area contributed by atoms with Crippen molar-refractivity contribution in [2.45, 2.75) is 52.0 Å². The maximum atomic E-state index is 3.46. The third-order valence-corrected chi connectivity index (χ3v) is 3.55. The summed E-state index contributed by atoms with van der Waals surface area (Å²) in [5, 5.41) is 3.46. The molecule has 1 aliphatic rings. The number of unbranched alkanes of at least 4 members (excludes halogenated alkanes) is 1. The Morgan fingerprint density at radius 1 is 1.20 bits per heavy atom. The summed E-state index contributed by atoms with van der Waals surface area (Å²) in [6.07, 6.45) is 6.80. The van der Waals surface area contributed by atoms with E-state index < -0.39 is 0 Å². The number of piperidine rings is 1. The maximum Gasteiger partial charge on any atom is 0.0195 e. The van der Waals surface area contributed by atoms with Crippen molar-refractivity contribution in [2.24, 2.45) is 5.92 Å². The summed E-state index contributed by atoms with van der Waals surface area (Å²) in [4.78, 5) is 2.66. The molecule has 2 nitrogen and oxygen atoms in total. The van der Waals surface area contributed by atoms with Gasteiger partial charge in [-0.15, -0.1) is 0 Å². The molecule has 1 saturated heterocycles. The van der Waals surface area contributed by atoms with E-state index in [0.29, 0.717) is 0 Å². The van der Waals surface area contributed by atoms with Gasteiger partial charge in [0.25, 0.3) is 0 Å². The molecule has 1 heterocycles. The highest BCUT2D eigenvalue weighted by Gasteiger charge is 2.24. The topological polar surface area (TPSA) is 15.3 Å². The van der Waals surface area contributed by atoms with Crippen LogP contribution in [0.3, 0.4) is 0 Å². The first-order chi connectivity index (χ1) is 7.30. The Bertz CT molecular complexity index is 159. The van der Waals surface area contributed by atoms with Crippen LogP contribution in [0.2, 0.25) is 0 Å². The smallest absolute Gasteiger partial charge is 0.0195 e. The van der Waals surface area contributed by atoms with E-state index in [0.717, 1.165) is 12.0 Å². The van der Waals surface area contributed by atoms with Crippen LogP contribution < -0.4 is 5.32 Å². The first-order valence-electron chi connectivity index (χ1n) is 6.69. The lowest BCUT2D eigenvalue weighted by Gasteiger charge is -2.37. The molecule has 15 heavy (non-hydrogen) atoms. The van der Waals surface area contributed by atoms with E-state index in [9.17, 15) is 0 Å². The van der Waals surface area contributed by atoms with E-state index in [1.54, 1.807) is 0 Å². The monoisotopic (exact) mass is 212 g/mol. The minimum Gasteiger partial charge on any atom is -0.316 e. The van der Waals surface area contributed by atoms with Gasteiger partial charge in [-0.2, -0.15) is 0 Å². The molecule has 0 spiro atoms. The third kappa shape index (κ3) is 4.52. The second-order valence-corrected chi connectivity index (χ2v) is 4.99. The fourth-order valence-electron chi connectivity index (χ4n) is 2.69. The van der Waals surface area contributed by atoms with Crippen molar-refractivity contribution >= 4 is 0 Å². The normalized spacial score (nSPS) is 28.2. The SMILES string of the molecule is CCCCN1CC(CCC)CC(NC)C1. The molecule has 2 unspecified atom stereocenters. The highest BCUT2D eigenvalue weighted by molar-refractivity contribution is 4.82. The lowest BCUT2D eigenvalue weighted by atomic mass is 9.90. The summed E-state index contributed by atoms with van der Waals surface area (Å²) in [6.45, 7) is 8.49. The molecule has 0 bridgehead atoms. The van der Waals surface area contributed by atoms with Crippen molar-refractivity contribution in [3.8, 4) is 0 Å². The van der Waals surface area contributed by atoms with Gasteiger partial charge in [0.1, 0.15) is 0 Å². The van der Waals surface area contributed by atoms with E-state index in [4.69, 9.17) is 0 Å². The van der Waals surface area contributed by atoms with Crippen LogP contribution in [0.4, 0.5) is 0 Å². The zero-order valence-electron chi connectivity index (χ0n) is 10.8. The third-order valence-electron chi connectivity index (χ3n) is 3.55. The van der Waals surface area contributed by atoms with Crippen molar-refractivity contribution < 1.29 is 0 Å². The van der Waals surface area contributed by atoms with E-state index in [1.807, 2.05) is 0 Å². The number of hydrogen-bond donors (Lipinski definition) is 1. The Labute approximate surface area is 95.4 Å². The first kappa shape index (κ1) is 13.0. The van der Waals surface area contributed by atoms with Crippen LogP contribution in [-0.2, 0) is 0 Å². The molecule has 1 N–H and O–H groups in total. The van der Waals surface area contributed by atoms with Crippen molar-refractivity contribution in [1.82, 2.24) is 10.2 Å². The molecule has 0 saturated carbocycles. The average Bonchev–Trinajstić information content (AvgIpc) is 2.26. The minimum atomic E-state index is 0.729. The summed E-state index contributed by atoms with van der Waals surface area (Å²) in [6, 6.07) is 0.729. The van der Waals surface area contributed by atoms with Crippen LogP contribution in [0.1, 0.15) is 46.0 Å². The fourth-order valence-corrected chi connectivity index (χ4v) is 2.69. The molecule has 0 aromatic carbocycles. The molecular weight excluding hydrogens is 184 g/mol. The van der Waals surface area contributed by atoms with E-state index in [1.165, 1.54) is 51.7 Å². The van der Waals surface area contributed by atoms with Crippen LogP contribution in [0.5, 0.6) is 0 Å². The van der Waals surface area contributed by atoms with Crippen LogP contribution in [0, 0.1) is 5.92 Å². The number of likely N-dealkylation sites (tertiary alicyclic amines) is 1. The minimum absolute atomic E-state index is 0.729. The predicted molar refractivity (Wildman–Crippen MR) is 67.2 cm³/mol. The van der Waals surface area contributed by atoms with Crippen molar-refractivity contribution in [3.05, 3.63) is 0 Å². The molecule has 0 aromatic rings. The van der Waals surface area contributed by atoms with Crippen LogP contribution in [-0.4, -0.2) is 37.6 Å². The van der Waals surface area contributed by atoms with E-state index in [2.05, 4.69) is 31.1 Å². The van der Waals surface area contributed by atoms with E-state index in [-0.39, 0.29) is 0 Å². The van der Waals surface area contributed by atoms with Crippen LogP contribution in [0.25, 0.3) is 0 Å². The summed E-state index contributed by atoms with van der Waals surface area (Å²) >= 11 is 0. The van der Waals surface area contributed by atoms with Gasteiger partial charge >= 0.3 is 0 Å². The Kier molecular flexibility index (Phi) is 6.26. The lowest BCUT2D eigenvalue weighted by Crippen LogP contribution is -2.48. The molecule has 90 valence electrons. The highest BCUT2D eigenvalue weighted by Crippen LogP contribution is 2.21. The largest absolute Gasteiger partial charge is 0.316 e. The Morgan fingerprint density at radius 3 is 2.60 bits per heavy atom. The van der Waals surface area contributed by atoms with Crippen molar-refractivity contribution in [3.63, 3.8) is 0 Å². The van der Waals surface area contributed by atoms with Gasteiger partial charge in [-0.05, 0) is 38.8 Å². The van der Waals surface area contributed by atoms with E-state index >= 15 is 0 Å². The average molecular weight is 212 g/mol. The summed E-state index contributed by atoms with van der Waals surface area (Å²) in [5.41, 5.74) is 0. The summed E-state index contributed by atoms with van der Waals surface area (Å²) < 4.78 is 0. The molecule has 0 aliphatic carbocycles. The van der Waals surface area contributed by atoms with Gasteiger partial charge in [-0.1, -0.05) is 26.7 Å². The van der Waals surface area contributed by atoms with Gasteiger partial charge in [0.05, 0.1) is 0 Å². The molecule has 1 aliphatic heterocycles. The van der Waals surface area contributed by atoms with Gasteiger partial charge < -0.3 is 10.2 Å².